The van der Waals surface area contributed by atoms with Crippen LogP contribution in [0, 0.1) is 11.3 Å². The monoisotopic (exact) mass is 359 g/mol. The summed E-state index contributed by atoms with van der Waals surface area (Å²) < 4.78 is 5.35. The highest BCUT2D eigenvalue weighted by molar-refractivity contribution is 6.31. The smallest absolute Gasteiger partial charge is 0.325 e. The lowest BCUT2D eigenvalue weighted by Gasteiger charge is -2.10. The van der Waals surface area contributed by atoms with E-state index in [0.717, 1.165) is 0 Å². The Labute approximate surface area is 148 Å². The van der Waals surface area contributed by atoms with Gasteiger partial charge in [0, 0.05) is 5.02 Å². The van der Waals surface area contributed by atoms with E-state index in [0.29, 0.717) is 11.4 Å². The number of nitrogens with one attached hydrogen (secondary N) is 2. The van der Waals surface area contributed by atoms with Crippen LogP contribution in [0.25, 0.3) is 0 Å². The molecule has 0 spiro atoms. The summed E-state index contributed by atoms with van der Waals surface area (Å²) in [5, 5.41) is 23.9. The maximum Gasteiger partial charge on any atom is 0.325 e. The minimum absolute atomic E-state index is 0.00232. The normalized spacial score (nSPS) is 9.76. The van der Waals surface area contributed by atoms with Crippen molar-refractivity contribution < 1.29 is 14.6 Å². The van der Waals surface area contributed by atoms with E-state index < -0.39 is 6.03 Å². The van der Waals surface area contributed by atoms with Crippen molar-refractivity contribution in [1.82, 2.24) is 9.97 Å². The van der Waals surface area contributed by atoms with E-state index in [1.54, 1.807) is 6.08 Å². The Morgan fingerprint density at radius 2 is 2.28 bits per heavy atom. The fourth-order valence-electron chi connectivity index (χ4n) is 1.73. The first-order valence-corrected chi connectivity index (χ1v) is 7.48. The molecule has 0 atom stereocenters. The van der Waals surface area contributed by atoms with E-state index in [1.165, 1.54) is 24.4 Å². The first-order chi connectivity index (χ1) is 12.0. The van der Waals surface area contributed by atoms with Gasteiger partial charge in [-0.3, -0.25) is 5.32 Å². The average molecular weight is 360 g/mol. The number of urea groups is 1. The number of phenols is 1. The molecule has 128 valence electrons. The van der Waals surface area contributed by atoms with E-state index in [-0.39, 0.29) is 35.4 Å². The highest BCUT2D eigenvalue weighted by Gasteiger charge is 2.12. The number of carbonyl (C=O) groups is 1. The molecule has 0 unspecified atom stereocenters. The van der Waals surface area contributed by atoms with Gasteiger partial charge in [0.15, 0.2) is 5.82 Å². The average Bonchev–Trinajstić information content (AvgIpc) is 2.58. The fraction of sp³-hybridized carbons (Fsp3) is 0.125. The second-order valence-corrected chi connectivity index (χ2v) is 5.12. The molecule has 1 aromatic heterocycles. The standard InChI is InChI=1S/C16H14ClN5O3/c1-2-3-6-25-15-12(8-18)19-9-14(21-15)22-16(24)20-11-7-10(17)4-5-13(11)23/h2,4-5,7,9,23H,1,3,6H2,(H2,20,21,22,24). The van der Waals surface area contributed by atoms with Gasteiger partial charge in [-0.2, -0.15) is 10.2 Å². The van der Waals surface area contributed by atoms with E-state index >= 15 is 0 Å². The van der Waals surface area contributed by atoms with Crippen molar-refractivity contribution in [2.45, 2.75) is 6.42 Å². The molecule has 3 N–H and O–H groups in total. The van der Waals surface area contributed by atoms with Crippen LogP contribution >= 0.6 is 11.6 Å². The van der Waals surface area contributed by atoms with E-state index in [2.05, 4.69) is 27.2 Å². The third-order valence-electron chi connectivity index (χ3n) is 2.86. The molecule has 25 heavy (non-hydrogen) atoms. The van der Waals surface area contributed by atoms with Gasteiger partial charge in [-0.1, -0.05) is 17.7 Å². The van der Waals surface area contributed by atoms with Gasteiger partial charge in [-0.05, 0) is 24.6 Å². The first kappa shape index (κ1) is 18.0. The zero-order chi connectivity index (χ0) is 18.2. The van der Waals surface area contributed by atoms with E-state index in [4.69, 9.17) is 21.6 Å². The number of ether oxygens (including phenoxy) is 1. The summed E-state index contributed by atoms with van der Waals surface area (Å²) in [6.45, 7) is 3.85. The van der Waals surface area contributed by atoms with Crippen LogP contribution in [0.5, 0.6) is 11.6 Å². The van der Waals surface area contributed by atoms with Gasteiger partial charge < -0.3 is 15.2 Å². The number of rotatable bonds is 6. The number of benzene rings is 1. The van der Waals surface area contributed by atoms with Crippen molar-refractivity contribution in [2.75, 3.05) is 17.2 Å². The Kier molecular flexibility index (Phi) is 6.14. The summed E-state index contributed by atoms with van der Waals surface area (Å²) in [4.78, 5) is 19.9. The van der Waals surface area contributed by atoms with Gasteiger partial charge in [0.1, 0.15) is 11.8 Å². The van der Waals surface area contributed by atoms with Crippen LogP contribution in [0.1, 0.15) is 12.1 Å². The summed E-state index contributed by atoms with van der Waals surface area (Å²) in [7, 11) is 0. The summed E-state index contributed by atoms with van der Waals surface area (Å²) in [6.07, 6.45) is 3.45. The van der Waals surface area contributed by atoms with Crippen LogP contribution in [-0.4, -0.2) is 27.7 Å². The zero-order valence-corrected chi connectivity index (χ0v) is 13.7. The summed E-state index contributed by atoms with van der Waals surface area (Å²) in [5.41, 5.74) is 0.136. The van der Waals surface area contributed by atoms with E-state index in [1.807, 2.05) is 6.07 Å². The van der Waals surface area contributed by atoms with Gasteiger partial charge >= 0.3 is 6.03 Å². The molecule has 0 aliphatic rings. The van der Waals surface area contributed by atoms with Crippen molar-refractivity contribution in [3.63, 3.8) is 0 Å². The molecule has 0 fully saturated rings. The van der Waals surface area contributed by atoms with Gasteiger partial charge in [0.25, 0.3) is 5.88 Å². The number of phenolic OH excluding ortho intramolecular Hbond substituents is 1. The summed E-state index contributed by atoms with van der Waals surface area (Å²) in [5.74, 6) is -0.0571. The number of hydrogen-bond acceptors (Lipinski definition) is 6. The maximum atomic E-state index is 12.0. The second-order valence-electron chi connectivity index (χ2n) is 4.69. The Bertz CT molecular complexity index is 835. The third kappa shape index (κ3) is 5.09. The Morgan fingerprint density at radius 3 is 3.00 bits per heavy atom. The minimum atomic E-state index is -0.673. The number of aromatic hydroxyl groups is 1. The lowest BCUT2D eigenvalue weighted by molar-refractivity contribution is 0.262. The van der Waals surface area contributed by atoms with E-state index in [9.17, 15) is 9.90 Å². The van der Waals surface area contributed by atoms with Crippen LogP contribution < -0.4 is 15.4 Å². The Balaban J connectivity index is 2.09. The quantitative estimate of drug-likeness (QED) is 0.413. The minimum Gasteiger partial charge on any atom is -0.506 e. The number of hydrogen-bond donors (Lipinski definition) is 3. The lowest BCUT2D eigenvalue weighted by atomic mass is 10.3. The van der Waals surface area contributed by atoms with Crippen LogP contribution in [0.4, 0.5) is 16.3 Å². The van der Waals surface area contributed by atoms with Gasteiger partial charge in [-0.15, -0.1) is 6.58 Å². The van der Waals surface area contributed by atoms with Crippen LogP contribution in [0.3, 0.4) is 0 Å². The van der Waals surface area contributed by atoms with Crippen LogP contribution in [0.2, 0.25) is 5.02 Å². The molecule has 0 aliphatic carbocycles. The molecule has 0 aliphatic heterocycles. The van der Waals surface area contributed by atoms with Crippen LogP contribution in [0.15, 0.2) is 37.1 Å². The lowest BCUT2D eigenvalue weighted by Crippen LogP contribution is -2.20. The number of amides is 2. The predicted octanol–water partition coefficient (Wildman–Crippen LogP) is 3.31. The number of aromatic nitrogens is 2. The summed E-state index contributed by atoms with van der Waals surface area (Å²) >= 11 is 5.82. The van der Waals surface area contributed by atoms with Crippen molar-refractivity contribution in [3.05, 3.63) is 47.8 Å². The van der Waals surface area contributed by atoms with Gasteiger partial charge in [0.05, 0.1) is 18.5 Å². The largest absolute Gasteiger partial charge is 0.506 e. The maximum absolute atomic E-state index is 12.0. The molecule has 0 bridgehead atoms. The molecule has 1 aromatic carbocycles. The number of nitriles is 1. The van der Waals surface area contributed by atoms with Crippen molar-refractivity contribution in [3.8, 4) is 17.7 Å². The summed E-state index contributed by atoms with van der Waals surface area (Å²) in [6, 6.07) is 5.41. The molecule has 8 nitrogen and oxygen atoms in total. The Morgan fingerprint density at radius 1 is 1.48 bits per heavy atom. The molecule has 2 amide bonds. The van der Waals surface area contributed by atoms with Crippen molar-refractivity contribution in [1.29, 1.82) is 5.26 Å². The SMILES string of the molecule is C=CCCOc1nc(NC(=O)Nc2cc(Cl)ccc2O)cnc1C#N. The van der Waals surface area contributed by atoms with Crippen molar-refractivity contribution >= 4 is 29.1 Å². The van der Waals surface area contributed by atoms with Crippen LogP contribution in [-0.2, 0) is 0 Å². The number of halogens is 1. The molecular weight excluding hydrogens is 346 g/mol. The molecule has 0 saturated heterocycles. The van der Waals surface area contributed by atoms with Gasteiger partial charge in [-0.25, -0.2) is 9.78 Å². The first-order valence-electron chi connectivity index (χ1n) is 7.11. The molecule has 0 saturated carbocycles. The molecule has 9 heteroatoms. The second kappa shape index (κ2) is 8.52. The molecule has 1 heterocycles. The highest BCUT2D eigenvalue weighted by atomic mass is 35.5. The highest BCUT2D eigenvalue weighted by Crippen LogP contribution is 2.26. The number of carbonyl (C=O) groups excluding carboxylic acids is 1. The molecular formula is C16H14ClN5O3. The molecule has 2 aromatic rings. The predicted molar refractivity (Wildman–Crippen MR) is 92.8 cm³/mol. The Hall–Kier alpha value is -3.31. The zero-order valence-electron chi connectivity index (χ0n) is 13.0. The number of anilines is 2. The fourth-order valence-corrected chi connectivity index (χ4v) is 1.90. The molecule has 0 radical (unpaired) electrons. The molecule has 2 rings (SSSR count). The van der Waals surface area contributed by atoms with Gasteiger partial charge in [0.2, 0.25) is 5.69 Å². The van der Waals surface area contributed by atoms with Crippen molar-refractivity contribution in [2.24, 2.45) is 0 Å². The topological polar surface area (TPSA) is 120 Å². The number of nitrogens with zero attached hydrogens (tertiary/aromatic N) is 3. The third-order valence-corrected chi connectivity index (χ3v) is 3.09.